The maximum Gasteiger partial charge on any atom is 0.225 e. The van der Waals surface area contributed by atoms with E-state index in [1.165, 1.54) is 5.57 Å². The van der Waals surface area contributed by atoms with Gasteiger partial charge >= 0.3 is 0 Å². The van der Waals surface area contributed by atoms with Gasteiger partial charge in [0.1, 0.15) is 0 Å². The second-order valence-corrected chi connectivity index (χ2v) is 6.57. The van der Waals surface area contributed by atoms with Crippen LogP contribution in [0.2, 0.25) is 0 Å². The molecule has 2 N–H and O–H groups in total. The van der Waals surface area contributed by atoms with Crippen LogP contribution in [0.25, 0.3) is 0 Å². The van der Waals surface area contributed by atoms with Crippen molar-refractivity contribution in [3.8, 4) is 0 Å². The first-order chi connectivity index (χ1) is 11.6. The van der Waals surface area contributed by atoms with E-state index in [0.29, 0.717) is 19.5 Å². The third kappa shape index (κ3) is 3.85. The van der Waals surface area contributed by atoms with E-state index in [9.17, 15) is 9.59 Å². The van der Waals surface area contributed by atoms with Crippen molar-refractivity contribution in [2.75, 3.05) is 26.2 Å². The summed E-state index contributed by atoms with van der Waals surface area (Å²) >= 11 is 0. The van der Waals surface area contributed by atoms with Crippen LogP contribution in [-0.4, -0.2) is 42.9 Å². The zero-order chi connectivity index (χ0) is 16.9. The lowest BCUT2D eigenvalue weighted by Gasteiger charge is -2.25. The highest BCUT2D eigenvalue weighted by Gasteiger charge is 2.36. The molecule has 128 valence electrons. The number of amides is 2. The Hall–Kier alpha value is -2.14. The molecule has 24 heavy (non-hydrogen) atoms. The first-order valence-corrected chi connectivity index (χ1v) is 8.66. The molecule has 1 saturated heterocycles. The Morgan fingerprint density at radius 1 is 1.38 bits per heavy atom. The number of nitrogens with one attached hydrogen (secondary N) is 2. The van der Waals surface area contributed by atoms with Crippen molar-refractivity contribution in [3.05, 3.63) is 47.5 Å². The Balaban J connectivity index is 1.55. The number of nitrogens with zero attached hydrogens (tertiary/aromatic N) is 1. The Morgan fingerprint density at radius 2 is 2.17 bits per heavy atom. The molecular weight excluding hydrogens is 302 g/mol. The molecule has 0 bridgehead atoms. The summed E-state index contributed by atoms with van der Waals surface area (Å²) in [6, 6.07) is 9.97. The van der Waals surface area contributed by atoms with Gasteiger partial charge in [-0.2, -0.15) is 0 Å². The Morgan fingerprint density at radius 3 is 2.88 bits per heavy atom. The van der Waals surface area contributed by atoms with E-state index in [4.69, 9.17) is 0 Å². The average molecular weight is 327 g/mol. The van der Waals surface area contributed by atoms with Crippen LogP contribution < -0.4 is 10.6 Å². The van der Waals surface area contributed by atoms with Gasteiger partial charge < -0.3 is 15.5 Å². The number of benzene rings is 1. The van der Waals surface area contributed by atoms with E-state index in [2.05, 4.69) is 16.7 Å². The molecular formula is C19H25N3O2. The molecule has 2 aliphatic rings. The van der Waals surface area contributed by atoms with Gasteiger partial charge in [0.2, 0.25) is 11.8 Å². The Kier molecular flexibility index (Phi) is 5.30. The number of likely N-dealkylation sites (tertiary alicyclic amines) is 1. The third-order valence-electron chi connectivity index (χ3n) is 4.93. The van der Waals surface area contributed by atoms with Gasteiger partial charge in [0, 0.05) is 26.1 Å². The van der Waals surface area contributed by atoms with E-state index >= 15 is 0 Å². The van der Waals surface area contributed by atoms with Crippen molar-refractivity contribution < 1.29 is 9.59 Å². The number of hydrogen-bond acceptors (Lipinski definition) is 3. The summed E-state index contributed by atoms with van der Waals surface area (Å²) in [6.07, 6.45) is 3.41. The fourth-order valence-electron chi connectivity index (χ4n) is 3.37. The maximum absolute atomic E-state index is 12.4. The maximum atomic E-state index is 12.4. The summed E-state index contributed by atoms with van der Waals surface area (Å²) < 4.78 is 0. The molecule has 3 rings (SSSR count). The first-order valence-electron chi connectivity index (χ1n) is 8.66. The van der Waals surface area contributed by atoms with Gasteiger partial charge in [-0.05, 0) is 25.5 Å². The van der Waals surface area contributed by atoms with Crippen molar-refractivity contribution >= 4 is 11.8 Å². The number of hydrogen-bond donors (Lipinski definition) is 2. The van der Waals surface area contributed by atoms with Crippen molar-refractivity contribution in [2.24, 2.45) is 5.92 Å². The summed E-state index contributed by atoms with van der Waals surface area (Å²) in [7, 11) is 0. The van der Waals surface area contributed by atoms with Gasteiger partial charge in [-0.25, -0.2) is 0 Å². The quantitative estimate of drug-likeness (QED) is 0.808. The minimum Gasteiger partial charge on any atom is -0.352 e. The van der Waals surface area contributed by atoms with Crippen molar-refractivity contribution in [1.82, 2.24) is 15.5 Å². The van der Waals surface area contributed by atoms with Gasteiger partial charge in [-0.3, -0.25) is 9.59 Å². The van der Waals surface area contributed by atoms with E-state index in [1.807, 2.05) is 42.2 Å². The Bertz CT molecular complexity index is 627. The minimum atomic E-state index is -0.244. The normalized spacial score (nSPS) is 22.2. The lowest BCUT2D eigenvalue weighted by Crippen LogP contribution is -2.35. The molecule has 5 heteroatoms. The summed E-state index contributed by atoms with van der Waals surface area (Å²) in [6.45, 7) is 4.95. The van der Waals surface area contributed by atoms with Crippen LogP contribution in [0.1, 0.15) is 31.4 Å². The molecule has 2 amide bonds. The molecule has 1 aromatic rings. The zero-order valence-corrected chi connectivity index (χ0v) is 14.1. The van der Waals surface area contributed by atoms with Crippen LogP contribution in [0.3, 0.4) is 0 Å². The summed E-state index contributed by atoms with van der Waals surface area (Å²) in [5.74, 6) is -0.191. The molecule has 0 aromatic heterocycles. The van der Waals surface area contributed by atoms with Gasteiger partial charge in [0.25, 0.3) is 0 Å². The first kappa shape index (κ1) is 16.7. The third-order valence-corrected chi connectivity index (χ3v) is 4.93. The predicted octanol–water partition coefficient (Wildman–Crippen LogP) is 1.63. The second-order valence-electron chi connectivity index (χ2n) is 6.57. The smallest absolute Gasteiger partial charge is 0.225 e. The molecule has 0 aliphatic carbocycles. The van der Waals surface area contributed by atoms with Crippen molar-refractivity contribution in [2.45, 2.75) is 25.8 Å². The predicted molar refractivity (Wildman–Crippen MR) is 93.3 cm³/mol. The molecule has 5 nitrogen and oxygen atoms in total. The van der Waals surface area contributed by atoms with Gasteiger partial charge in [0.05, 0.1) is 12.0 Å². The van der Waals surface area contributed by atoms with Crippen LogP contribution in [0.4, 0.5) is 0 Å². The average Bonchev–Trinajstić information content (AvgIpc) is 3.02. The summed E-state index contributed by atoms with van der Waals surface area (Å²) in [4.78, 5) is 26.6. The molecule has 2 atom stereocenters. The largest absolute Gasteiger partial charge is 0.352 e. The van der Waals surface area contributed by atoms with Crippen molar-refractivity contribution in [1.29, 1.82) is 0 Å². The molecule has 0 radical (unpaired) electrons. The van der Waals surface area contributed by atoms with Crippen LogP contribution in [0.15, 0.2) is 42.0 Å². The SMILES string of the molecule is CC(c1ccccc1)N1CC(C(=O)NCC2=CCNCC2)CC1=O. The number of carbonyl (C=O) groups is 2. The van der Waals surface area contributed by atoms with Crippen LogP contribution in [0, 0.1) is 5.92 Å². The lowest BCUT2D eigenvalue weighted by atomic mass is 10.1. The molecule has 2 aliphatic heterocycles. The van der Waals surface area contributed by atoms with Gasteiger partial charge in [-0.15, -0.1) is 0 Å². The van der Waals surface area contributed by atoms with Gasteiger partial charge in [0.15, 0.2) is 0 Å². The van der Waals surface area contributed by atoms with E-state index in [0.717, 1.165) is 25.1 Å². The highest BCUT2D eigenvalue weighted by atomic mass is 16.2. The molecule has 0 spiro atoms. The standard InChI is InChI=1S/C19H25N3O2/c1-14(16-5-3-2-4-6-16)22-13-17(11-18(22)23)19(24)21-12-15-7-9-20-10-8-15/h2-7,14,17,20H,8-13H2,1H3,(H,21,24). The molecule has 1 fully saturated rings. The fraction of sp³-hybridized carbons (Fsp3) is 0.474. The molecule has 2 heterocycles. The van der Waals surface area contributed by atoms with Crippen molar-refractivity contribution in [3.63, 3.8) is 0 Å². The highest BCUT2D eigenvalue weighted by molar-refractivity contribution is 5.89. The molecule has 2 unspecified atom stereocenters. The summed E-state index contributed by atoms with van der Waals surface area (Å²) in [5.41, 5.74) is 2.37. The van der Waals surface area contributed by atoms with E-state index < -0.39 is 0 Å². The van der Waals surface area contributed by atoms with Crippen LogP contribution in [-0.2, 0) is 9.59 Å². The highest BCUT2D eigenvalue weighted by Crippen LogP contribution is 2.28. The molecule has 0 saturated carbocycles. The van der Waals surface area contributed by atoms with Gasteiger partial charge in [-0.1, -0.05) is 42.0 Å². The number of carbonyl (C=O) groups excluding carboxylic acids is 2. The summed E-state index contributed by atoms with van der Waals surface area (Å²) in [5, 5.41) is 6.26. The van der Waals surface area contributed by atoms with E-state index in [1.54, 1.807) is 0 Å². The second kappa shape index (κ2) is 7.62. The lowest BCUT2D eigenvalue weighted by molar-refractivity contribution is -0.130. The minimum absolute atomic E-state index is 0.00336. The monoisotopic (exact) mass is 327 g/mol. The van der Waals surface area contributed by atoms with Crippen LogP contribution >= 0.6 is 0 Å². The molecule has 1 aromatic carbocycles. The van der Waals surface area contributed by atoms with Crippen LogP contribution in [0.5, 0.6) is 0 Å². The zero-order valence-electron chi connectivity index (χ0n) is 14.1. The topological polar surface area (TPSA) is 61.4 Å². The number of rotatable bonds is 5. The fourth-order valence-corrected chi connectivity index (χ4v) is 3.37. The Labute approximate surface area is 143 Å². The van der Waals surface area contributed by atoms with E-state index in [-0.39, 0.29) is 23.8 Å².